The Morgan fingerprint density at radius 3 is 2.56 bits per heavy atom. The largest absolute Gasteiger partial charge is 0.466 e. The van der Waals surface area contributed by atoms with Gasteiger partial charge in [-0.25, -0.2) is 0 Å². The maximum atomic E-state index is 12.6. The summed E-state index contributed by atoms with van der Waals surface area (Å²) < 4.78 is 11.3. The van der Waals surface area contributed by atoms with Crippen LogP contribution in [0.3, 0.4) is 0 Å². The molecule has 0 saturated heterocycles. The molecule has 7 heteroatoms. The number of methoxy groups -OCH3 is 1. The number of ether oxygens (including phenoxy) is 2. The van der Waals surface area contributed by atoms with E-state index in [0.29, 0.717) is 17.9 Å². The third-order valence-corrected chi connectivity index (χ3v) is 4.44. The average Bonchev–Trinajstić information content (AvgIpc) is 2.67. The molecule has 1 amide bonds. The van der Waals surface area contributed by atoms with E-state index in [1.165, 1.54) is 0 Å². The molecule has 0 aliphatic rings. The van der Waals surface area contributed by atoms with Crippen LogP contribution in [0.5, 0.6) is 0 Å². The highest BCUT2D eigenvalue weighted by Crippen LogP contribution is 2.25. The van der Waals surface area contributed by atoms with Crippen LogP contribution in [-0.2, 0) is 14.3 Å². The summed E-state index contributed by atoms with van der Waals surface area (Å²) in [6.07, 6.45) is -0.255. The van der Waals surface area contributed by atoms with E-state index in [1.807, 2.05) is 42.5 Å². The lowest BCUT2D eigenvalue weighted by Gasteiger charge is -2.21. The van der Waals surface area contributed by atoms with Gasteiger partial charge in [-0.1, -0.05) is 30.3 Å². The van der Waals surface area contributed by atoms with Crippen molar-refractivity contribution in [1.82, 2.24) is 5.32 Å². The fourth-order valence-electron chi connectivity index (χ4n) is 2.48. The number of benzene rings is 2. The van der Waals surface area contributed by atoms with Gasteiger partial charge < -0.3 is 20.1 Å². The Kier molecular flexibility index (Phi) is 8.53. The van der Waals surface area contributed by atoms with E-state index in [4.69, 9.17) is 9.47 Å². The Labute approximate surface area is 172 Å². The summed E-state index contributed by atoms with van der Waals surface area (Å²) in [5.41, 5.74) is 2.09. The predicted molar refractivity (Wildman–Crippen MR) is 113 cm³/mol. The normalized spacial score (nSPS) is 11.5. The van der Waals surface area contributed by atoms with E-state index >= 15 is 0 Å². The summed E-state index contributed by atoms with van der Waals surface area (Å²) in [6.45, 7) is 2.30. The van der Waals surface area contributed by atoms with E-state index in [1.54, 1.807) is 20.1 Å². The number of hydrogen-bond acceptors (Lipinski definition) is 5. The summed E-state index contributed by atoms with van der Waals surface area (Å²) in [5, 5.41) is 6.03. The van der Waals surface area contributed by atoms with Crippen molar-refractivity contribution in [3.8, 4) is 0 Å². The molecule has 1 unspecified atom stereocenters. The number of hydrogen-bond donors (Lipinski definition) is 2. The molecular weight excluding hydrogens is 459 g/mol. The third kappa shape index (κ3) is 6.51. The average molecular weight is 482 g/mol. The Bertz CT molecular complexity index is 768. The molecule has 0 aliphatic heterocycles. The third-order valence-electron chi connectivity index (χ3n) is 3.77. The van der Waals surface area contributed by atoms with Gasteiger partial charge in [-0.05, 0) is 47.7 Å². The first-order valence-electron chi connectivity index (χ1n) is 8.62. The Hall–Kier alpha value is -2.13. The van der Waals surface area contributed by atoms with Gasteiger partial charge in [-0.15, -0.1) is 0 Å². The number of carbonyl (C=O) groups is 2. The summed E-state index contributed by atoms with van der Waals surface area (Å²) in [7, 11) is 1.61. The van der Waals surface area contributed by atoms with Gasteiger partial charge >= 0.3 is 5.97 Å². The fourth-order valence-corrected chi connectivity index (χ4v) is 2.98. The fraction of sp³-hybridized carbons (Fsp3) is 0.300. The topological polar surface area (TPSA) is 76.7 Å². The first-order valence-corrected chi connectivity index (χ1v) is 9.70. The Balaban J connectivity index is 2.11. The number of amides is 1. The zero-order valence-electron chi connectivity index (χ0n) is 15.3. The van der Waals surface area contributed by atoms with Crippen molar-refractivity contribution < 1.29 is 19.1 Å². The standard InChI is InChI=1S/C20H23IN2O4/c1-3-27-18(24)11-12-22-19(25)16-13-15(21)9-10-17(16)23-20(26-2)14-7-5-4-6-8-14/h4-10,13,20,23H,3,11-12H2,1-2H3,(H,22,25). The number of halogens is 1. The molecule has 0 aliphatic carbocycles. The number of esters is 1. The molecule has 0 fully saturated rings. The molecule has 6 nitrogen and oxygen atoms in total. The summed E-state index contributed by atoms with van der Waals surface area (Å²) >= 11 is 2.16. The van der Waals surface area contributed by atoms with Gasteiger partial charge in [0.15, 0.2) is 6.23 Å². The highest BCUT2D eigenvalue weighted by molar-refractivity contribution is 14.1. The molecule has 144 valence electrons. The minimum atomic E-state index is -0.391. The SMILES string of the molecule is CCOC(=O)CCNC(=O)c1cc(I)ccc1NC(OC)c1ccccc1. The van der Waals surface area contributed by atoms with Crippen LogP contribution >= 0.6 is 22.6 Å². The van der Waals surface area contributed by atoms with Gasteiger partial charge in [0.2, 0.25) is 0 Å². The Morgan fingerprint density at radius 1 is 1.15 bits per heavy atom. The molecule has 0 aromatic heterocycles. The van der Waals surface area contributed by atoms with Crippen molar-refractivity contribution in [2.24, 2.45) is 0 Å². The van der Waals surface area contributed by atoms with Crippen LogP contribution in [0, 0.1) is 3.57 Å². The van der Waals surface area contributed by atoms with Crippen LogP contribution < -0.4 is 10.6 Å². The van der Waals surface area contributed by atoms with Gasteiger partial charge in [0.25, 0.3) is 5.91 Å². The second-order valence-corrected chi connectivity index (χ2v) is 6.92. The molecule has 2 aromatic carbocycles. The maximum absolute atomic E-state index is 12.6. The van der Waals surface area contributed by atoms with Gasteiger partial charge in [0.05, 0.1) is 18.6 Å². The van der Waals surface area contributed by atoms with Crippen molar-refractivity contribution in [2.75, 3.05) is 25.6 Å². The first kappa shape index (κ1) is 21.2. The molecule has 0 heterocycles. The van der Waals surface area contributed by atoms with E-state index < -0.39 is 6.23 Å². The Morgan fingerprint density at radius 2 is 1.89 bits per heavy atom. The lowest BCUT2D eigenvalue weighted by molar-refractivity contribution is -0.142. The van der Waals surface area contributed by atoms with Crippen LogP contribution in [0.4, 0.5) is 5.69 Å². The second-order valence-electron chi connectivity index (χ2n) is 5.67. The number of carbonyl (C=O) groups excluding carboxylic acids is 2. The van der Waals surface area contributed by atoms with Gasteiger partial charge in [0, 0.05) is 28.5 Å². The van der Waals surface area contributed by atoms with Crippen LogP contribution in [0.25, 0.3) is 0 Å². The summed E-state index contributed by atoms with van der Waals surface area (Å²) in [5.74, 6) is -0.592. The molecule has 0 radical (unpaired) electrons. The zero-order chi connectivity index (χ0) is 19.6. The van der Waals surface area contributed by atoms with Crippen molar-refractivity contribution in [2.45, 2.75) is 19.6 Å². The molecule has 1 atom stereocenters. The number of nitrogens with one attached hydrogen (secondary N) is 2. The molecule has 2 N–H and O–H groups in total. The highest BCUT2D eigenvalue weighted by Gasteiger charge is 2.17. The van der Waals surface area contributed by atoms with E-state index in [-0.39, 0.29) is 24.8 Å². The molecule has 2 rings (SSSR count). The van der Waals surface area contributed by atoms with Crippen LogP contribution in [0.1, 0.15) is 35.5 Å². The summed E-state index contributed by atoms with van der Waals surface area (Å²) in [4.78, 5) is 24.0. The zero-order valence-corrected chi connectivity index (χ0v) is 17.5. The lowest BCUT2D eigenvalue weighted by Crippen LogP contribution is -2.28. The molecule has 0 spiro atoms. The van der Waals surface area contributed by atoms with Crippen LogP contribution in [0.2, 0.25) is 0 Å². The van der Waals surface area contributed by atoms with Crippen LogP contribution in [-0.4, -0.2) is 32.1 Å². The monoisotopic (exact) mass is 482 g/mol. The molecule has 27 heavy (non-hydrogen) atoms. The van der Waals surface area contributed by atoms with Gasteiger partial charge in [-0.3, -0.25) is 9.59 Å². The van der Waals surface area contributed by atoms with E-state index in [0.717, 1.165) is 9.13 Å². The van der Waals surface area contributed by atoms with Crippen molar-refractivity contribution in [1.29, 1.82) is 0 Å². The van der Waals surface area contributed by atoms with E-state index in [2.05, 4.69) is 33.2 Å². The molecule has 0 saturated carbocycles. The highest BCUT2D eigenvalue weighted by atomic mass is 127. The number of rotatable bonds is 9. The van der Waals surface area contributed by atoms with Crippen LogP contribution in [0.15, 0.2) is 48.5 Å². The minimum Gasteiger partial charge on any atom is -0.466 e. The van der Waals surface area contributed by atoms with Gasteiger partial charge in [-0.2, -0.15) is 0 Å². The van der Waals surface area contributed by atoms with Crippen molar-refractivity contribution >= 4 is 40.2 Å². The van der Waals surface area contributed by atoms with E-state index in [9.17, 15) is 9.59 Å². The molecule has 2 aromatic rings. The second kappa shape index (κ2) is 10.9. The first-order chi connectivity index (χ1) is 13.0. The smallest absolute Gasteiger partial charge is 0.307 e. The molecular formula is C20H23IN2O4. The van der Waals surface area contributed by atoms with Crippen molar-refractivity contribution in [3.63, 3.8) is 0 Å². The molecule has 0 bridgehead atoms. The van der Waals surface area contributed by atoms with Crippen molar-refractivity contribution in [3.05, 3.63) is 63.2 Å². The van der Waals surface area contributed by atoms with Gasteiger partial charge in [0.1, 0.15) is 0 Å². The quantitative estimate of drug-likeness (QED) is 0.324. The lowest BCUT2D eigenvalue weighted by atomic mass is 10.1. The predicted octanol–water partition coefficient (Wildman–Crippen LogP) is 3.73. The maximum Gasteiger partial charge on any atom is 0.307 e. The number of anilines is 1. The minimum absolute atomic E-state index is 0.136. The summed E-state index contributed by atoms with van der Waals surface area (Å²) in [6, 6.07) is 15.2.